The second-order valence-corrected chi connectivity index (χ2v) is 5.88. The number of hydrogen-bond donors (Lipinski definition) is 1. The van der Waals surface area contributed by atoms with E-state index < -0.39 is 5.60 Å². The van der Waals surface area contributed by atoms with Crippen LogP contribution in [0.25, 0.3) is 0 Å². The molecule has 0 saturated heterocycles. The molecule has 1 aromatic carbocycles. The van der Waals surface area contributed by atoms with Gasteiger partial charge in [-0.25, -0.2) is 0 Å². The van der Waals surface area contributed by atoms with Crippen LogP contribution < -0.4 is 4.74 Å². The molecule has 0 radical (unpaired) electrons. The molecule has 3 unspecified atom stereocenters. The van der Waals surface area contributed by atoms with E-state index in [0.717, 1.165) is 24.2 Å². The Morgan fingerprint density at radius 2 is 2.00 bits per heavy atom. The molecule has 1 saturated carbocycles. The van der Waals surface area contributed by atoms with Crippen LogP contribution in [0.15, 0.2) is 24.3 Å². The first-order valence-corrected chi connectivity index (χ1v) is 6.89. The fourth-order valence-corrected chi connectivity index (χ4v) is 3.14. The Bertz CT molecular complexity index is 402. The van der Waals surface area contributed by atoms with Crippen molar-refractivity contribution in [1.82, 2.24) is 0 Å². The molecular weight excluding hydrogens is 224 g/mol. The van der Waals surface area contributed by atoms with Crippen molar-refractivity contribution >= 4 is 0 Å². The maximum absolute atomic E-state index is 10.9. The third-order valence-corrected chi connectivity index (χ3v) is 4.40. The number of para-hydroxylation sites is 1. The highest BCUT2D eigenvalue weighted by Crippen LogP contribution is 2.40. The van der Waals surface area contributed by atoms with E-state index in [1.54, 1.807) is 7.11 Å². The van der Waals surface area contributed by atoms with E-state index in [1.807, 2.05) is 18.2 Å². The summed E-state index contributed by atoms with van der Waals surface area (Å²) >= 11 is 0. The Hall–Kier alpha value is -1.02. The molecule has 2 rings (SSSR count). The van der Waals surface area contributed by atoms with Gasteiger partial charge >= 0.3 is 0 Å². The number of rotatable bonds is 3. The molecule has 0 aromatic heterocycles. The van der Waals surface area contributed by atoms with E-state index in [0.29, 0.717) is 18.3 Å². The molecule has 0 heterocycles. The van der Waals surface area contributed by atoms with E-state index in [1.165, 1.54) is 6.42 Å². The van der Waals surface area contributed by atoms with Gasteiger partial charge in [-0.1, -0.05) is 38.5 Å². The van der Waals surface area contributed by atoms with Crippen molar-refractivity contribution in [2.24, 2.45) is 11.8 Å². The average Bonchev–Trinajstić information content (AvgIpc) is 2.35. The molecule has 1 aromatic rings. The number of benzene rings is 1. The number of aliphatic hydroxyl groups is 1. The van der Waals surface area contributed by atoms with Gasteiger partial charge < -0.3 is 9.84 Å². The number of methoxy groups -OCH3 is 1. The maximum Gasteiger partial charge on any atom is 0.122 e. The average molecular weight is 248 g/mol. The van der Waals surface area contributed by atoms with Crippen LogP contribution in [0.1, 0.15) is 38.7 Å². The van der Waals surface area contributed by atoms with Crippen LogP contribution >= 0.6 is 0 Å². The lowest BCUT2D eigenvalue weighted by Gasteiger charge is -2.41. The van der Waals surface area contributed by atoms with E-state index in [2.05, 4.69) is 19.9 Å². The molecule has 0 aliphatic heterocycles. The van der Waals surface area contributed by atoms with Gasteiger partial charge in [0.15, 0.2) is 0 Å². The third kappa shape index (κ3) is 2.69. The van der Waals surface area contributed by atoms with E-state index >= 15 is 0 Å². The Kier molecular flexibility index (Phi) is 3.96. The quantitative estimate of drug-likeness (QED) is 0.888. The summed E-state index contributed by atoms with van der Waals surface area (Å²) < 4.78 is 5.38. The molecule has 0 amide bonds. The number of ether oxygens (including phenoxy) is 1. The van der Waals surface area contributed by atoms with Crippen molar-refractivity contribution in [2.45, 2.75) is 45.1 Å². The zero-order valence-electron chi connectivity index (χ0n) is 11.6. The van der Waals surface area contributed by atoms with Gasteiger partial charge in [-0.15, -0.1) is 0 Å². The lowest BCUT2D eigenvalue weighted by Crippen LogP contribution is -2.43. The molecule has 3 atom stereocenters. The predicted molar refractivity (Wildman–Crippen MR) is 73.8 cm³/mol. The monoisotopic (exact) mass is 248 g/mol. The molecule has 1 aliphatic rings. The van der Waals surface area contributed by atoms with Crippen LogP contribution in [0.3, 0.4) is 0 Å². The minimum Gasteiger partial charge on any atom is -0.496 e. The second-order valence-electron chi connectivity index (χ2n) is 5.88. The molecule has 1 N–H and O–H groups in total. The topological polar surface area (TPSA) is 29.5 Å². The van der Waals surface area contributed by atoms with E-state index in [4.69, 9.17) is 4.74 Å². The van der Waals surface area contributed by atoms with Gasteiger partial charge in [0.05, 0.1) is 12.7 Å². The Balaban J connectivity index is 2.20. The largest absolute Gasteiger partial charge is 0.496 e. The lowest BCUT2D eigenvalue weighted by molar-refractivity contribution is -0.0563. The third-order valence-electron chi connectivity index (χ3n) is 4.40. The standard InChI is InChI=1S/C16H24O2/c1-12-8-9-13(2)16(17,10-12)11-14-6-4-5-7-15(14)18-3/h4-7,12-13,17H,8-11H2,1-3H3. The molecule has 1 fully saturated rings. The normalized spacial score (nSPS) is 32.2. The van der Waals surface area contributed by atoms with Gasteiger partial charge in [0.2, 0.25) is 0 Å². The Morgan fingerprint density at radius 1 is 1.28 bits per heavy atom. The van der Waals surface area contributed by atoms with Crippen molar-refractivity contribution in [3.8, 4) is 5.75 Å². The van der Waals surface area contributed by atoms with Crippen molar-refractivity contribution in [3.05, 3.63) is 29.8 Å². The summed E-state index contributed by atoms with van der Waals surface area (Å²) in [5.74, 6) is 1.86. The molecule has 2 nitrogen and oxygen atoms in total. The van der Waals surface area contributed by atoms with Crippen molar-refractivity contribution in [2.75, 3.05) is 7.11 Å². The molecule has 1 aliphatic carbocycles. The first-order chi connectivity index (χ1) is 8.55. The van der Waals surface area contributed by atoms with Crippen LogP contribution in [0.2, 0.25) is 0 Å². The summed E-state index contributed by atoms with van der Waals surface area (Å²) in [5.41, 5.74) is 0.537. The summed E-state index contributed by atoms with van der Waals surface area (Å²) in [6, 6.07) is 8.01. The fourth-order valence-electron chi connectivity index (χ4n) is 3.14. The molecule has 18 heavy (non-hydrogen) atoms. The zero-order chi connectivity index (χ0) is 13.2. The van der Waals surface area contributed by atoms with Crippen molar-refractivity contribution < 1.29 is 9.84 Å². The summed E-state index contributed by atoms with van der Waals surface area (Å²) in [4.78, 5) is 0. The predicted octanol–water partition coefficient (Wildman–Crippen LogP) is 3.42. The van der Waals surface area contributed by atoms with Crippen LogP contribution in [0, 0.1) is 11.8 Å². The molecule has 2 heteroatoms. The fraction of sp³-hybridized carbons (Fsp3) is 0.625. The van der Waals surface area contributed by atoms with Crippen LogP contribution in [-0.4, -0.2) is 17.8 Å². The van der Waals surface area contributed by atoms with Crippen LogP contribution in [0.4, 0.5) is 0 Å². The molecular formula is C16H24O2. The minimum atomic E-state index is -0.577. The SMILES string of the molecule is COc1ccccc1CC1(O)CC(C)CCC1C. The van der Waals surface area contributed by atoms with Gasteiger partial charge in [0.1, 0.15) is 5.75 Å². The zero-order valence-corrected chi connectivity index (χ0v) is 11.6. The van der Waals surface area contributed by atoms with Gasteiger partial charge in [-0.3, -0.25) is 0 Å². The highest BCUT2D eigenvalue weighted by Gasteiger charge is 2.39. The Morgan fingerprint density at radius 3 is 2.72 bits per heavy atom. The summed E-state index contributed by atoms with van der Waals surface area (Å²) in [7, 11) is 1.69. The first kappa shape index (κ1) is 13.4. The second kappa shape index (κ2) is 5.31. The highest BCUT2D eigenvalue weighted by atomic mass is 16.5. The smallest absolute Gasteiger partial charge is 0.122 e. The van der Waals surface area contributed by atoms with E-state index in [-0.39, 0.29) is 0 Å². The first-order valence-electron chi connectivity index (χ1n) is 6.89. The minimum absolute atomic E-state index is 0.360. The van der Waals surface area contributed by atoms with Crippen molar-refractivity contribution in [3.63, 3.8) is 0 Å². The van der Waals surface area contributed by atoms with Crippen LogP contribution in [0.5, 0.6) is 5.75 Å². The summed E-state index contributed by atoms with van der Waals surface area (Å²) in [6.45, 7) is 4.40. The van der Waals surface area contributed by atoms with Gasteiger partial charge in [-0.05, 0) is 36.3 Å². The Labute approximate surface area is 110 Å². The summed E-state index contributed by atoms with van der Waals surface area (Å²) in [5, 5.41) is 10.9. The summed E-state index contributed by atoms with van der Waals surface area (Å²) in [6.07, 6.45) is 3.94. The molecule has 100 valence electrons. The lowest BCUT2D eigenvalue weighted by atomic mass is 9.69. The molecule has 0 spiro atoms. The van der Waals surface area contributed by atoms with Gasteiger partial charge in [-0.2, -0.15) is 0 Å². The van der Waals surface area contributed by atoms with Crippen molar-refractivity contribution in [1.29, 1.82) is 0 Å². The number of hydrogen-bond acceptors (Lipinski definition) is 2. The van der Waals surface area contributed by atoms with Crippen LogP contribution in [-0.2, 0) is 6.42 Å². The maximum atomic E-state index is 10.9. The van der Waals surface area contributed by atoms with Gasteiger partial charge in [0.25, 0.3) is 0 Å². The van der Waals surface area contributed by atoms with E-state index in [9.17, 15) is 5.11 Å². The molecule has 0 bridgehead atoms. The van der Waals surface area contributed by atoms with Gasteiger partial charge in [0, 0.05) is 6.42 Å². The highest BCUT2D eigenvalue weighted by molar-refractivity contribution is 5.34.